The van der Waals surface area contributed by atoms with Crippen LogP contribution in [0, 0.1) is 0 Å². The van der Waals surface area contributed by atoms with Crippen molar-refractivity contribution in [3.63, 3.8) is 0 Å². The van der Waals surface area contributed by atoms with Crippen LogP contribution < -0.4 is 4.72 Å². The van der Waals surface area contributed by atoms with Gasteiger partial charge < -0.3 is 5.11 Å². The summed E-state index contributed by atoms with van der Waals surface area (Å²) in [6.45, 7) is 0. The van der Waals surface area contributed by atoms with Crippen LogP contribution in [0.1, 0.15) is 0 Å². The lowest BCUT2D eigenvalue weighted by molar-refractivity contribution is 0.475. The second-order valence-electron chi connectivity index (χ2n) is 3.86. The van der Waals surface area contributed by atoms with Crippen molar-refractivity contribution in [1.82, 2.24) is 4.98 Å². The molecule has 1 aromatic carbocycles. The van der Waals surface area contributed by atoms with Crippen molar-refractivity contribution in [2.45, 2.75) is 4.90 Å². The fraction of sp³-hybridized carbons (Fsp3) is 0. The maximum Gasteiger partial charge on any atom is 0.265 e. The van der Waals surface area contributed by atoms with Gasteiger partial charge in [-0.3, -0.25) is 4.72 Å². The van der Waals surface area contributed by atoms with Crippen molar-refractivity contribution in [2.24, 2.45) is 8.73 Å². The summed E-state index contributed by atoms with van der Waals surface area (Å²) in [6, 6.07) is 7.52. The van der Waals surface area contributed by atoms with Crippen LogP contribution in [0.3, 0.4) is 0 Å². The second kappa shape index (κ2) is 4.69. The Morgan fingerprint density at radius 2 is 2.00 bits per heavy atom. The van der Waals surface area contributed by atoms with Gasteiger partial charge in [-0.2, -0.15) is 8.73 Å². The fourth-order valence-corrected chi connectivity index (χ4v) is 3.45. The van der Waals surface area contributed by atoms with Gasteiger partial charge in [-0.05, 0) is 24.3 Å². The van der Waals surface area contributed by atoms with Crippen LogP contribution in [-0.2, 0) is 21.4 Å². The zero-order valence-electron chi connectivity index (χ0n) is 9.89. The first-order valence-electron chi connectivity index (χ1n) is 5.46. The summed E-state index contributed by atoms with van der Waals surface area (Å²) in [4.78, 5) is 3.78. The van der Waals surface area contributed by atoms with Gasteiger partial charge in [0.1, 0.15) is 16.3 Å². The van der Waals surface area contributed by atoms with Crippen molar-refractivity contribution in [1.29, 1.82) is 0 Å². The number of nitrogens with one attached hydrogen (secondary N) is 1. The zero-order valence-corrected chi connectivity index (χ0v) is 11.5. The lowest BCUT2D eigenvalue weighted by Crippen LogP contribution is -2.14. The number of hydrogen-bond donors (Lipinski definition) is 2. The van der Waals surface area contributed by atoms with Crippen molar-refractivity contribution < 1.29 is 13.5 Å². The fourth-order valence-electron chi connectivity index (χ4n) is 1.66. The minimum Gasteiger partial charge on any atom is -0.504 e. The molecule has 1 aliphatic heterocycles. The Bertz CT molecular complexity index is 858. The van der Waals surface area contributed by atoms with Gasteiger partial charge in [0, 0.05) is 6.20 Å². The minimum absolute atomic E-state index is 0.00574. The Balaban J connectivity index is 2.05. The van der Waals surface area contributed by atoms with Gasteiger partial charge in [0.2, 0.25) is 0 Å². The number of aromatic hydroxyl groups is 1. The Morgan fingerprint density at radius 1 is 1.15 bits per heavy atom. The summed E-state index contributed by atoms with van der Waals surface area (Å²) in [5, 5.41) is 9.58. The van der Waals surface area contributed by atoms with Gasteiger partial charge >= 0.3 is 0 Å². The van der Waals surface area contributed by atoms with E-state index in [4.69, 9.17) is 0 Å². The second-order valence-corrected chi connectivity index (χ2v) is 6.04. The summed E-state index contributed by atoms with van der Waals surface area (Å²) < 4.78 is 34.9. The maximum atomic E-state index is 12.3. The monoisotopic (exact) mass is 308 g/mol. The Hall–Kier alpha value is -2.26. The van der Waals surface area contributed by atoms with E-state index in [1.807, 2.05) is 0 Å². The normalized spacial score (nSPS) is 12.8. The van der Waals surface area contributed by atoms with E-state index in [0.717, 1.165) is 11.4 Å². The average molecular weight is 308 g/mol. The molecule has 0 fully saturated rings. The SMILES string of the molecule is O=S(=O)(Nc1ncccc1O)c1cccc2c1N=S=N2. The van der Waals surface area contributed by atoms with Crippen LogP contribution in [-0.4, -0.2) is 18.5 Å². The van der Waals surface area contributed by atoms with Crippen molar-refractivity contribution in [3.05, 3.63) is 36.5 Å². The van der Waals surface area contributed by atoms with E-state index in [0.29, 0.717) is 11.4 Å². The highest BCUT2D eigenvalue weighted by molar-refractivity contribution is 7.93. The Kier molecular flexibility index (Phi) is 2.99. The number of sulfonamides is 1. The van der Waals surface area contributed by atoms with E-state index in [-0.39, 0.29) is 16.5 Å². The maximum absolute atomic E-state index is 12.3. The number of benzene rings is 1. The molecule has 0 saturated heterocycles. The van der Waals surface area contributed by atoms with E-state index in [9.17, 15) is 13.5 Å². The molecule has 20 heavy (non-hydrogen) atoms. The molecule has 2 N–H and O–H groups in total. The molecule has 102 valence electrons. The number of hydrogen-bond acceptors (Lipinski definition) is 6. The Labute approximate surface area is 118 Å². The Morgan fingerprint density at radius 3 is 2.80 bits per heavy atom. The van der Waals surface area contributed by atoms with Crippen molar-refractivity contribution in [2.75, 3.05) is 4.72 Å². The van der Waals surface area contributed by atoms with Crippen LogP contribution in [0.25, 0.3) is 0 Å². The van der Waals surface area contributed by atoms with Crippen LogP contribution >= 0.6 is 0 Å². The largest absolute Gasteiger partial charge is 0.504 e. The molecule has 2 heterocycles. The standard InChI is InChI=1S/C11H8N4O3S2/c16-8-4-2-6-12-11(8)15-20(17,18)9-5-1-3-7-10(9)14-19-13-7/h1-6,16H,(H,12,15). The number of pyridine rings is 1. The van der Waals surface area contributed by atoms with Gasteiger partial charge in [0.05, 0.1) is 11.4 Å². The molecule has 9 heteroatoms. The molecule has 0 atom stereocenters. The summed E-state index contributed by atoms with van der Waals surface area (Å²) in [7, 11) is -3.90. The first-order chi connectivity index (χ1) is 9.58. The first kappa shape index (κ1) is 12.8. The topological polar surface area (TPSA) is 104 Å². The molecule has 2 aromatic rings. The summed E-state index contributed by atoms with van der Waals surface area (Å²) in [5.41, 5.74) is 0.795. The molecule has 0 spiro atoms. The molecule has 0 saturated carbocycles. The third kappa shape index (κ3) is 2.17. The molecule has 0 amide bonds. The van der Waals surface area contributed by atoms with E-state index in [1.54, 1.807) is 12.1 Å². The summed E-state index contributed by atoms with van der Waals surface area (Å²) in [6.07, 6.45) is 1.38. The molecule has 0 unspecified atom stereocenters. The first-order valence-corrected chi connectivity index (χ1v) is 7.67. The quantitative estimate of drug-likeness (QED) is 0.774. The molecule has 1 aliphatic rings. The van der Waals surface area contributed by atoms with Crippen molar-refractivity contribution in [3.8, 4) is 5.75 Å². The molecule has 0 aliphatic carbocycles. The third-order valence-electron chi connectivity index (χ3n) is 2.56. The molecule has 0 bridgehead atoms. The van der Waals surface area contributed by atoms with Crippen LogP contribution in [0.4, 0.5) is 17.2 Å². The number of nitrogens with zero attached hydrogens (tertiary/aromatic N) is 3. The third-order valence-corrected chi connectivity index (χ3v) is 4.47. The van der Waals surface area contributed by atoms with Crippen molar-refractivity contribution >= 4 is 38.6 Å². The predicted octanol–water partition coefficient (Wildman–Crippen LogP) is 2.31. The van der Waals surface area contributed by atoms with E-state index in [1.165, 1.54) is 24.4 Å². The summed E-state index contributed by atoms with van der Waals surface area (Å²) in [5.74, 6) is -0.382. The predicted molar refractivity (Wildman–Crippen MR) is 74.7 cm³/mol. The molecule has 3 rings (SSSR count). The molecular formula is C11H8N4O3S2. The zero-order chi connectivity index (χ0) is 14.2. The van der Waals surface area contributed by atoms with Gasteiger partial charge in [-0.15, -0.1) is 0 Å². The highest BCUT2D eigenvalue weighted by atomic mass is 32.2. The molecule has 0 radical (unpaired) electrons. The van der Waals surface area contributed by atoms with E-state index < -0.39 is 10.0 Å². The van der Waals surface area contributed by atoms with Crippen LogP contribution in [0.5, 0.6) is 5.75 Å². The molecular weight excluding hydrogens is 300 g/mol. The molecule has 7 nitrogen and oxygen atoms in total. The number of aromatic nitrogens is 1. The number of fused-ring (bicyclic) bond motifs is 1. The van der Waals surface area contributed by atoms with Gasteiger partial charge in [-0.25, -0.2) is 13.4 Å². The highest BCUT2D eigenvalue weighted by Gasteiger charge is 2.23. The number of rotatable bonds is 3. The summed E-state index contributed by atoms with van der Waals surface area (Å²) >= 11 is 0.935. The van der Waals surface area contributed by atoms with Gasteiger partial charge in [0.25, 0.3) is 10.0 Å². The van der Waals surface area contributed by atoms with Gasteiger partial charge in [0.15, 0.2) is 11.6 Å². The average Bonchev–Trinajstić information content (AvgIpc) is 2.89. The van der Waals surface area contributed by atoms with E-state index in [2.05, 4.69) is 18.4 Å². The highest BCUT2D eigenvalue weighted by Crippen LogP contribution is 2.38. The van der Waals surface area contributed by atoms with Crippen LogP contribution in [0.15, 0.2) is 50.1 Å². The minimum atomic E-state index is -3.90. The van der Waals surface area contributed by atoms with E-state index >= 15 is 0 Å². The lowest BCUT2D eigenvalue weighted by atomic mass is 10.3. The smallest absolute Gasteiger partial charge is 0.265 e. The molecule has 1 aromatic heterocycles. The number of anilines is 1. The van der Waals surface area contributed by atoms with Gasteiger partial charge in [-0.1, -0.05) is 6.07 Å². The lowest BCUT2D eigenvalue weighted by Gasteiger charge is -2.09. The van der Waals surface area contributed by atoms with Crippen LogP contribution in [0.2, 0.25) is 0 Å².